The summed E-state index contributed by atoms with van der Waals surface area (Å²) in [6.07, 6.45) is 1.77. The predicted octanol–water partition coefficient (Wildman–Crippen LogP) is 1.71. The Morgan fingerprint density at radius 2 is 2.19 bits per heavy atom. The molecule has 0 bridgehead atoms. The summed E-state index contributed by atoms with van der Waals surface area (Å²) >= 11 is 6.79. The maximum Gasteiger partial charge on any atom is 0.0698 e. The van der Waals surface area contributed by atoms with Gasteiger partial charge in [0.15, 0.2) is 0 Å². The van der Waals surface area contributed by atoms with Crippen LogP contribution in [0.2, 0.25) is 0 Å². The van der Waals surface area contributed by atoms with E-state index in [0.29, 0.717) is 19.8 Å². The summed E-state index contributed by atoms with van der Waals surface area (Å²) in [7, 11) is 0. The highest BCUT2D eigenvalue weighted by molar-refractivity contribution is 9.11. The zero-order valence-corrected chi connectivity index (χ0v) is 11.9. The second-order valence-corrected chi connectivity index (χ2v) is 4.86. The minimum absolute atomic E-state index is 0.0693. The molecule has 0 radical (unpaired) electrons. The molecule has 0 saturated carbocycles. The lowest BCUT2D eigenvalue weighted by Crippen LogP contribution is -2.20. The van der Waals surface area contributed by atoms with Crippen LogP contribution in [-0.2, 0) is 11.3 Å². The molecule has 1 aromatic rings. The molecule has 0 saturated heterocycles. The maximum atomic E-state index is 8.50. The van der Waals surface area contributed by atoms with E-state index < -0.39 is 0 Å². The topological polar surface area (TPSA) is 54.4 Å². The van der Waals surface area contributed by atoms with Crippen molar-refractivity contribution in [3.63, 3.8) is 0 Å². The summed E-state index contributed by atoms with van der Waals surface area (Å²) in [5.74, 6) is 0. The molecule has 0 fully saturated rings. The van der Waals surface area contributed by atoms with Crippen LogP contribution >= 0.6 is 31.9 Å². The predicted molar refractivity (Wildman–Crippen MR) is 69.2 cm³/mol. The van der Waals surface area contributed by atoms with Crippen molar-refractivity contribution in [2.75, 3.05) is 26.4 Å². The molecule has 90 valence electrons. The molecule has 0 aliphatic heterocycles. The first-order chi connectivity index (χ1) is 7.74. The standard InChI is InChI=1S/C10H14Br2N2O2/c11-8-5-9(12)10(14-6-8)7-13-1-3-16-4-2-15/h5-6,13,15H,1-4,7H2. The molecule has 1 aromatic heterocycles. The van der Waals surface area contributed by atoms with Crippen LogP contribution in [0.5, 0.6) is 0 Å². The van der Waals surface area contributed by atoms with E-state index in [1.807, 2.05) is 6.07 Å². The van der Waals surface area contributed by atoms with Gasteiger partial charge in [0.1, 0.15) is 0 Å². The van der Waals surface area contributed by atoms with Crippen LogP contribution in [0.1, 0.15) is 5.69 Å². The number of nitrogens with one attached hydrogen (secondary N) is 1. The number of rotatable bonds is 7. The molecule has 4 nitrogen and oxygen atoms in total. The molecule has 0 aromatic carbocycles. The number of halogens is 2. The van der Waals surface area contributed by atoms with Gasteiger partial charge in [0.05, 0.1) is 25.5 Å². The average Bonchev–Trinajstić information content (AvgIpc) is 2.26. The van der Waals surface area contributed by atoms with E-state index >= 15 is 0 Å². The highest BCUT2D eigenvalue weighted by Crippen LogP contribution is 2.19. The zero-order chi connectivity index (χ0) is 11.8. The summed E-state index contributed by atoms with van der Waals surface area (Å²) < 4.78 is 7.05. The zero-order valence-electron chi connectivity index (χ0n) is 8.75. The van der Waals surface area contributed by atoms with Gasteiger partial charge < -0.3 is 15.2 Å². The number of nitrogens with zero attached hydrogens (tertiary/aromatic N) is 1. The van der Waals surface area contributed by atoms with Crippen LogP contribution in [-0.4, -0.2) is 36.5 Å². The largest absolute Gasteiger partial charge is 0.394 e. The molecule has 0 atom stereocenters. The number of pyridine rings is 1. The molecule has 6 heteroatoms. The molecule has 1 heterocycles. The van der Waals surface area contributed by atoms with E-state index in [2.05, 4.69) is 42.2 Å². The first kappa shape index (κ1) is 14.1. The van der Waals surface area contributed by atoms with Gasteiger partial charge in [-0.2, -0.15) is 0 Å². The summed E-state index contributed by atoms with van der Waals surface area (Å²) in [6, 6.07) is 1.96. The molecule has 0 aliphatic carbocycles. The first-order valence-electron chi connectivity index (χ1n) is 4.93. The smallest absolute Gasteiger partial charge is 0.0698 e. The number of hydrogen-bond donors (Lipinski definition) is 2. The lowest BCUT2D eigenvalue weighted by atomic mass is 10.3. The minimum Gasteiger partial charge on any atom is -0.394 e. The minimum atomic E-state index is 0.0693. The van der Waals surface area contributed by atoms with E-state index in [0.717, 1.165) is 21.2 Å². The number of hydrogen-bond acceptors (Lipinski definition) is 4. The molecule has 0 amide bonds. The Hall–Kier alpha value is -0.0100. The third-order valence-electron chi connectivity index (χ3n) is 1.84. The fourth-order valence-electron chi connectivity index (χ4n) is 1.09. The highest BCUT2D eigenvalue weighted by atomic mass is 79.9. The van der Waals surface area contributed by atoms with Crippen LogP contribution in [0.4, 0.5) is 0 Å². The fourth-order valence-corrected chi connectivity index (χ4v) is 2.22. The number of aliphatic hydroxyl groups is 1. The molecular formula is C10H14Br2N2O2. The highest BCUT2D eigenvalue weighted by Gasteiger charge is 2.01. The van der Waals surface area contributed by atoms with E-state index in [1.54, 1.807) is 6.20 Å². The lowest BCUT2D eigenvalue weighted by Gasteiger charge is -2.06. The number of aliphatic hydroxyl groups excluding tert-OH is 1. The van der Waals surface area contributed by atoms with Gasteiger partial charge in [-0.05, 0) is 37.9 Å². The van der Waals surface area contributed by atoms with Crippen LogP contribution in [0.25, 0.3) is 0 Å². The van der Waals surface area contributed by atoms with Gasteiger partial charge >= 0.3 is 0 Å². The van der Waals surface area contributed by atoms with Crippen LogP contribution in [0.3, 0.4) is 0 Å². The summed E-state index contributed by atoms with van der Waals surface area (Å²) in [4.78, 5) is 4.27. The summed E-state index contributed by atoms with van der Waals surface area (Å²) in [5.41, 5.74) is 0.963. The van der Waals surface area contributed by atoms with Gasteiger partial charge in [-0.3, -0.25) is 4.98 Å². The monoisotopic (exact) mass is 352 g/mol. The van der Waals surface area contributed by atoms with Crippen LogP contribution in [0.15, 0.2) is 21.2 Å². The Morgan fingerprint density at radius 1 is 1.38 bits per heavy atom. The molecule has 2 N–H and O–H groups in total. The van der Waals surface area contributed by atoms with Crippen molar-refractivity contribution < 1.29 is 9.84 Å². The van der Waals surface area contributed by atoms with Crippen molar-refractivity contribution in [1.29, 1.82) is 0 Å². The Labute approximate surface area is 112 Å². The van der Waals surface area contributed by atoms with Crippen molar-refractivity contribution in [1.82, 2.24) is 10.3 Å². The molecule has 0 aliphatic rings. The van der Waals surface area contributed by atoms with Crippen LogP contribution < -0.4 is 5.32 Å². The average molecular weight is 354 g/mol. The van der Waals surface area contributed by atoms with E-state index in [9.17, 15) is 0 Å². The van der Waals surface area contributed by atoms with Gasteiger partial charge in [0.2, 0.25) is 0 Å². The van der Waals surface area contributed by atoms with Crippen LogP contribution in [0, 0.1) is 0 Å². The quantitative estimate of drug-likeness (QED) is 0.733. The normalized spacial score (nSPS) is 10.7. The van der Waals surface area contributed by atoms with Crippen molar-refractivity contribution in [3.8, 4) is 0 Å². The second-order valence-electron chi connectivity index (χ2n) is 3.09. The van der Waals surface area contributed by atoms with E-state index in [4.69, 9.17) is 9.84 Å². The van der Waals surface area contributed by atoms with Gasteiger partial charge in [0.25, 0.3) is 0 Å². The van der Waals surface area contributed by atoms with Crippen molar-refractivity contribution in [3.05, 3.63) is 26.9 Å². The molecule has 0 unspecified atom stereocenters. The SMILES string of the molecule is OCCOCCNCc1ncc(Br)cc1Br. The fraction of sp³-hybridized carbons (Fsp3) is 0.500. The molecule has 16 heavy (non-hydrogen) atoms. The Bertz CT molecular complexity index is 324. The number of ether oxygens (including phenoxy) is 1. The Balaban J connectivity index is 2.21. The van der Waals surface area contributed by atoms with Crippen molar-refractivity contribution in [2.45, 2.75) is 6.54 Å². The maximum absolute atomic E-state index is 8.50. The Morgan fingerprint density at radius 3 is 2.88 bits per heavy atom. The molecule has 1 rings (SSSR count). The van der Waals surface area contributed by atoms with E-state index in [-0.39, 0.29) is 6.61 Å². The lowest BCUT2D eigenvalue weighted by molar-refractivity contribution is 0.0937. The molecule has 0 spiro atoms. The summed E-state index contributed by atoms with van der Waals surface area (Å²) in [5, 5.41) is 11.7. The van der Waals surface area contributed by atoms with Gasteiger partial charge in [-0.15, -0.1) is 0 Å². The second kappa shape index (κ2) is 8.14. The van der Waals surface area contributed by atoms with Crippen molar-refractivity contribution in [2.24, 2.45) is 0 Å². The third kappa shape index (κ3) is 5.36. The first-order valence-corrected chi connectivity index (χ1v) is 6.52. The van der Waals surface area contributed by atoms with Gasteiger partial charge in [-0.25, -0.2) is 0 Å². The van der Waals surface area contributed by atoms with Gasteiger partial charge in [0, 0.05) is 28.2 Å². The van der Waals surface area contributed by atoms with E-state index in [1.165, 1.54) is 0 Å². The molecular weight excluding hydrogens is 340 g/mol. The Kier molecular flexibility index (Phi) is 7.15. The number of aromatic nitrogens is 1. The van der Waals surface area contributed by atoms with Crippen molar-refractivity contribution >= 4 is 31.9 Å². The summed E-state index contributed by atoms with van der Waals surface area (Å²) in [6.45, 7) is 2.48. The third-order valence-corrected chi connectivity index (χ3v) is 2.96. The van der Waals surface area contributed by atoms with Gasteiger partial charge in [-0.1, -0.05) is 0 Å².